The van der Waals surface area contributed by atoms with E-state index in [1.165, 1.54) is 30.3 Å². The predicted molar refractivity (Wildman–Crippen MR) is 108 cm³/mol. The van der Waals surface area contributed by atoms with E-state index in [1.807, 2.05) is 0 Å². The second-order valence-corrected chi connectivity index (χ2v) is 6.95. The third-order valence-electron chi connectivity index (χ3n) is 3.68. The Labute approximate surface area is 181 Å². The van der Waals surface area contributed by atoms with Crippen molar-refractivity contribution >= 4 is 39.4 Å². The summed E-state index contributed by atoms with van der Waals surface area (Å²) in [6.07, 6.45) is -4.87. The van der Waals surface area contributed by atoms with Gasteiger partial charge >= 0.3 is 12.3 Å². The lowest BCUT2D eigenvalue weighted by Crippen LogP contribution is -2.17. The van der Waals surface area contributed by atoms with Gasteiger partial charge in [-0.25, -0.2) is 9.37 Å². The number of carbonyl (C=O) groups is 1. The number of carboxylic acids is 1. The highest BCUT2D eigenvalue weighted by atomic mass is 79.9. The number of aliphatic carboxylic acids is 1. The van der Waals surface area contributed by atoms with Gasteiger partial charge in [0.15, 0.2) is 0 Å². The van der Waals surface area contributed by atoms with Crippen LogP contribution in [0.15, 0.2) is 53.0 Å². The molecule has 0 saturated carbocycles. The number of benzene rings is 2. The zero-order valence-electron chi connectivity index (χ0n) is 15.4. The molecule has 0 radical (unpaired) electrons. The molecule has 0 bridgehead atoms. The molecule has 0 unspecified atom stereocenters. The summed E-state index contributed by atoms with van der Waals surface area (Å²) in [5.41, 5.74) is 0.462. The fraction of sp³-hybridized carbons (Fsp3) is 0.105. The van der Waals surface area contributed by atoms with Crippen molar-refractivity contribution in [2.45, 2.75) is 6.36 Å². The number of halogens is 5. The molecule has 0 saturated heterocycles. The van der Waals surface area contributed by atoms with Gasteiger partial charge in [0.05, 0.1) is 11.4 Å². The Morgan fingerprint density at radius 3 is 2.58 bits per heavy atom. The quantitative estimate of drug-likeness (QED) is 0.384. The van der Waals surface area contributed by atoms with Crippen LogP contribution in [0.2, 0.25) is 0 Å². The van der Waals surface area contributed by atoms with Crippen molar-refractivity contribution in [2.24, 2.45) is 0 Å². The highest BCUT2D eigenvalue weighted by Gasteiger charge is 2.31. The zero-order valence-corrected chi connectivity index (χ0v) is 17.0. The molecule has 1 aromatic heterocycles. The van der Waals surface area contributed by atoms with Crippen molar-refractivity contribution < 1.29 is 32.2 Å². The first-order chi connectivity index (χ1) is 14.6. The van der Waals surface area contributed by atoms with Crippen molar-refractivity contribution in [2.75, 3.05) is 17.2 Å². The molecule has 3 N–H and O–H groups in total. The Bertz CT molecular complexity index is 1110. The summed E-state index contributed by atoms with van der Waals surface area (Å²) in [5.74, 6) is -2.27. The van der Waals surface area contributed by atoms with Crippen LogP contribution in [0.3, 0.4) is 0 Å². The van der Waals surface area contributed by atoms with Gasteiger partial charge in [0.25, 0.3) is 0 Å². The van der Waals surface area contributed by atoms with Crippen LogP contribution in [0.1, 0.15) is 0 Å². The number of nitrogens with one attached hydrogen (secondary N) is 2. The third-order valence-corrected chi connectivity index (χ3v) is 4.17. The number of hydrogen-bond acceptors (Lipinski definition) is 6. The monoisotopic (exact) mass is 500 g/mol. The van der Waals surface area contributed by atoms with Crippen molar-refractivity contribution in [3.63, 3.8) is 0 Å². The van der Waals surface area contributed by atoms with Gasteiger partial charge in [-0.1, -0.05) is 28.1 Å². The average molecular weight is 501 g/mol. The molecule has 0 spiro atoms. The molecule has 0 amide bonds. The molecule has 2 aromatic carbocycles. The van der Waals surface area contributed by atoms with Crippen LogP contribution in [-0.2, 0) is 4.79 Å². The van der Waals surface area contributed by atoms with Crippen LogP contribution in [0.5, 0.6) is 5.75 Å². The first-order valence-electron chi connectivity index (χ1n) is 8.52. The van der Waals surface area contributed by atoms with Gasteiger partial charge in [-0.2, -0.15) is 4.98 Å². The summed E-state index contributed by atoms with van der Waals surface area (Å²) >= 11 is 3.15. The summed E-state index contributed by atoms with van der Waals surface area (Å²) in [7, 11) is 0. The number of nitrogens with zero attached hydrogens (tertiary/aromatic N) is 2. The summed E-state index contributed by atoms with van der Waals surface area (Å²) in [5, 5.41) is 14.1. The number of alkyl halides is 3. The number of ether oxygens (including phenoxy) is 1. The Balaban J connectivity index is 1.99. The number of hydrogen-bond donors (Lipinski definition) is 3. The van der Waals surface area contributed by atoms with Crippen molar-refractivity contribution in [1.29, 1.82) is 0 Å². The van der Waals surface area contributed by atoms with Gasteiger partial charge in [-0.15, -0.1) is 13.2 Å². The SMILES string of the molecule is O=C(O)CNc1nc(Nc2ccc(Br)cc2F)cc(-c2cccc(OC(F)(F)F)c2)n1. The van der Waals surface area contributed by atoms with Gasteiger partial charge in [-0.3, -0.25) is 4.79 Å². The third kappa shape index (κ3) is 6.54. The van der Waals surface area contributed by atoms with E-state index in [1.54, 1.807) is 6.07 Å². The molecule has 162 valence electrons. The summed E-state index contributed by atoms with van der Waals surface area (Å²) in [6.45, 7) is -0.507. The fourth-order valence-corrected chi connectivity index (χ4v) is 2.81. The Kier molecular flexibility index (Phi) is 6.59. The normalized spacial score (nSPS) is 11.1. The van der Waals surface area contributed by atoms with Gasteiger partial charge in [0.2, 0.25) is 5.95 Å². The van der Waals surface area contributed by atoms with Crippen molar-refractivity contribution in [1.82, 2.24) is 9.97 Å². The van der Waals surface area contributed by atoms with Crippen molar-refractivity contribution in [3.05, 3.63) is 58.8 Å². The van der Waals surface area contributed by atoms with E-state index < -0.39 is 30.4 Å². The number of anilines is 3. The molecular formula is C19H13BrF4N4O3. The van der Waals surface area contributed by atoms with Crippen LogP contribution < -0.4 is 15.4 Å². The molecule has 0 atom stereocenters. The van der Waals surface area contributed by atoms with Crippen molar-refractivity contribution in [3.8, 4) is 17.0 Å². The summed E-state index contributed by atoms with van der Waals surface area (Å²) < 4.78 is 56.2. The lowest BCUT2D eigenvalue weighted by atomic mass is 10.1. The van der Waals surface area contributed by atoms with Crippen LogP contribution in [0.25, 0.3) is 11.3 Å². The molecule has 7 nitrogen and oxygen atoms in total. The predicted octanol–water partition coefficient (Wildman–Crippen LogP) is 5.18. The maximum absolute atomic E-state index is 14.2. The first-order valence-corrected chi connectivity index (χ1v) is 9.31. The van der Waals surface area contributed by atoms with E-state index in [4.69, 9.17) is 5.11 Å². The van der Waals surface area contributed by atoms with E-state index in [0.29, 0.717) is 4.47 Å². The average Bonchev–Trinajstić information content (AvgIpc) is 2.67. The highest BCUT2D eigenvalue weighted by Crippen LogP contribution is 2.30. The van der Waals surface area contributed by atoms with Crippen LogP contribution in [0, 0.1) is 5.82 Å². The smallest absolute Gasteiger partial charge is 0.480 e. The lowest BCUT2D eigenvalue weighted by Gasteiger charge is -2.13. The molecule has 12 heteroatoms. The molecule has 0 aliphatic carbocycles. The molecule has 31 heavy (non-hydrogen) atoms. The Hall–Kier alpha value is -3.41. The number of carboxylic acid groups (broad SMARTS) is 1. The van der Waals surface area contributed by atoms with E-state index in [9.17, 15) is 22.4 Å². The maximum atomic E-state index is 14.2. The highest BCUT2D eigenvalue weighted by molar-refractivity contribution is 9.10. The van der Waals surface area contributed by atoms with E-state index in [2.05, 4.69) is 41.3 Å². The molecule has 3 rings (SSSR count). The maximum Gasteiger partial charge on any atom is 0.573 e. The van der Waals surface area contributed by atoms with Gasteiger partial charge in [0, 0.05) is 16.1 Å². The minimum absolute atomic E-state index is 0.0752. The fourth-order valence-electron chi connectivity index (χ4n) is 2.47. The van der Waals surface area contributed by atoms with Gasteiger partial charge in [0.1, 0.15) is 23.9 Å². The van der Waals surface area contributed by atoms with E-state index >= 15 is 0 Å². The molecule has 0 aliphatic heterocycles. The second kappa shape index (κ2) is 9.16. The standard InChI is InChI=1S/C19H13BrF4N4O3/c20-11-4-5-14(13(21)7-11)26-16-8-15(27-18(28-16)25-9-17(29)30)10-2-1-3-12(6-10)31-19(22,23)24/h1-8H,9H2,(H,29,30)(H2,25,26,27,28). The summed E-state index contributed by atoms with van der Waals surface area (Å²) in [6, 6.07) is 10.7. The molecule has 0 aliphatic rings. The van der Waals surface area contributed by atoms with E-state index in [-0.39, 0.29) is 28.7 Å². The number of aromatic nitrogens is 2. The molecule has 0 fully saturated rings. The zero-order chi connectivity index (χ0) is 22.6. The minimum Gasteiger partial charge on any atom is -0.480 e. The molecule has 3 aromatic rings. The largest absolute Gasteiger partial charge is 0.573 e. The topological polar surface area (TPSA) is 96.4 Å². The first kappa shape index (κ1) is 22.3. The van der Waals surface area contributed by atoms with Crippen LogP contribution in [0.4, 0.5) is 35.0 Å². The molecular weight excluding hydrogens is 488 g/mol. The molecule has 1 heterocycles. The second-order valence-electron chi connectivity index (χ2n) is 6.03. The Morgan fingerprint density at radius 2 is 1.90 bits per heavy atom. The van der Waals surface area contributed by atoms with Gasteiger partial charge in [-0.05, 0) is 30.3 Å². The minimum atomic E-state index is -4.87. The lowest BCUT2D eigenvalue weighted by molar-refractivity contribution is -0.274. The number of rotatable bonds is 7. The van der Waals surface area contributed by atoms with Crippen LogP contribution in [-0.4, -0.2) is 34.0 Å². The summed E-state index contributed by atoms with van der Waals surface area (Å²) in [4.78, 5) is 19.1. The van der Waals surface area contributed by atoms with E-state index in [0.717, 1.165) is 12.1 Å². The van der Waals surface area contributed by atoms with Crippen LogP contribution >= 0.6 is 15.9 Å². The van der Waals surface area contributed by atoms with Gasteiger partial charge < -0.3 is 20.5 Å². The Morgan fingerprint density at radius 1 is 1.13 bits per heavy atom.